The van der Waals surface area contributed by atoms with Crippen molar-refractivity contribution in [1.29, 1.82) is 0 Å². The quantitative estimate of drug-likeness (QED) is 0.434. The molecule has 0 saturated carbocycles. The van der Waals surface area contributed by atoms with Crippen LogP contribution >= 0.6 is 12.2 Å². The van der Waals surface area contributed by atoms with Gasteiger partial charge in [0, 0.05) is 30.1 Å². The molecule has 0 aliphatic heterocycles. The molecule has 0 aliphatic rings. The van der Waals surface area contributed by atoms with E-state index in [0.29, 0.717) is 22.7 Å². The van der Waals surface area contributed by atoms with Crippen molar-refractivity contribution in [3.8, 4) is 17.1 Å². The van der Waals surface area contributed by atoms with Crippen molar-refractivity contribution in [3.05, 3.63) is 70.3 Å². The average Bonchev–Trinajstić information content (AvgIpc) is 3.41. The second kappa shape index (κ2) is 7.24. The van der Waals surface area contributed by atoms with E-state index in [-0.39, 0.29) is 5.82 Å². The van der Waals surface area contributed by atoms with Crippen molar-refractivity contribution in [3.63, 3.8) is 0 Å². The van der Waals surface area contributed by atoms with Crippen molar-refractivity contribution >= 4 is 23.3 Å². The first kappa shape index (κ1) is 19.3. The predicted molar refractivity (Wildman–Crippen MR) is 117 cm³/mol. The molecule has 8 nitrogen and oxygen atoms in total. The summed E-state index contributed by atoms with van der Waals surface area (Å²) in [7, 11) is 1.87. The molecule has 5 rings (SSSR count). The van der Waals surface area contributed by atoms with Crippen LogP contribution in [-0.2, 0) is 13.6 Å². The van der Waals surface area contributed by atoms with Gasteiger partial charge in [-0.15, -0.1) is 0 Å². The van der Waals surface area contributed by atoms with Crippen LogP contribution in [0.3, 0.4) is 0 Å². The fourth-order valence-corrected chi connectivity index (χ4v) is 4.06. The number of aromatic amines is 1. The number of benzene rings is 1. The van der Waals surface area contributed by atoms with E-state index in [1.165, 1.54) is 6.07 Å². The summed E-state index contributed by atoms with van der Waals surface area (Å²) < 4.78 is 19.7. The summed E-state index contributed by atoms with van der Waals surface area (Å²) >= 11 is 5.52. The van der Waals surface area contributed by atoms with Crippen LogP contribution in [0.2, 0.25) is 0 Å². The molecular weight excluding hydrogens is 415 g/mol. The number of fused-ring (bicyclic) bond motifs is 1. The molecular formula is C21H19FN8S. The van der Waals surface area contributed by atoms with Gasteiger partial charge in [0.2, 0.25) is 0 Å². The monoisotopic (exact) mass is 434 g/mol. The summed E-state index contributed by atoms with van der Waals surface area (Å²) in [6, 6.07) is 8.63. The third-order valence-corrected chi connectivity index (χ3v) is 5.45. The van der Waals surface area contributed by atoms with Gasteiger partial charge in [-0.1, -0.05) is 18.2 Å². The molecule has 4 heterocycles. The molecule has 0 fully saturated rings. The Bertz CT molecular complexity index is 1490. The number of rotatable bonds is 4. The summed E-state index contributed by atoms with van der Waals surface area (Å²) in [5.74, 6) is 0.379. The third kappa shape index (κ3) is 3.25. The van der Waals surface area contributed by atoms with Gasteiger partial charge in [-0.2, -0.15) is 15.3 Å². The van der Waals surface area contributed by atoms with Crippen molar-refractivity contribution < 1.29 is 4.39 Å². The van der Waals surface area contributed by atoms with E-state index in [4.69, 9.17) is 12.2 Å². The highest BCUT2D eigenvalue weighted by molar-refractivity contribution is 7.71. The van der Waals surface area contributed by atoms with Gasteiger partial charge in [-0.25, -0.2) is 9.37 Å². The van der Waals surface area contributed by atoms with E-state index in [1.54, 1.807) is 33.8 Å². The van der Waals surface area contributed by atoms with Gasteiger partial charge in [0.1, 0.15) is 5.82 Å². The largest absolute Gasteiger partial charge is 0.266 e. The summed E-state index contributed by atoms with van der Waals surface area (Å²) in [5, 5.41) is 17.2. The maximum atomic E-state index is 14.0. The van der Waals surface area contributed by atoms with Gasteiger partial charge in [-0.3, -0.25) is 19.0 Å². The van der Waals surface area contributed by atoms with Crippen LogP contribution < -0.4 is 0 Å². The molecule has 4 aromatic heterocycles. The van der Waals surface area contributed by atoms with Crippen molar-refractivity contribution in [2.24, 2.45) is 7.05 Å². The molecule has 0 unspecified atom stereocenters. The van der Waals surface area contributed by atoms with Crippen LogP contribution in [-0.4, -0.2) is 39.3 Å². The number of hydrogen-bond acceptors (Lipinski definition) is 5. The van der Waals surface area contributed by atoms with Crippen LogP contribution in [0.1, 0.15) is 17.0 Å². The summed E-state index contributed by atoms with van der Waals surface area (Å²) in [6.07, 6.45) is 3.51. The van der Waals surface area contributed by atoms with Crippen LogP contribution in [0, 0.1) is 24.4 Å². The minimum absolute atomic E-state index is 0.262. The standard InChI is InChI=1S/C21H19FN8S/c1-12-8-16(18-13(2)27-28(3)20(18)24-12)19-25-26-21(31)30(19)15-9-23-29(11-15)10-14-6-4-5-7-17(14)22/h4-9,11H,10H2,1-3H3,(H,26,31). The SMILES string of the molecule is Cc1cc(-c2n[nH]c(=S)n2-c2cnn(Cc3ccccc3F)c2)c2c(C)nn(C)c2n1. The number of nitrogens with one attached hydrogen (secondary N) is 1. The second-order valence-electron chi connectivity index (χ2n) is 7.39. The lowest BCUT2D eigenvalue weighted by molar-refractivity contribution is 0.585. The number of H-pyrrole nitrogens is 1. The number of aryl methyl sites for hydroxylation is 3. The highest BCUT2D eigenvalue weighted by atomic mass is 32.1. The Kier molecular flexibility index (Phi) is 4.51. The number of aromatic nitrogens is 8. The molecule has 0 saturated heterocycles. The lowest BCUT2D eigenvalue weighted by atomic mass is 10.1. The highest BCUT2D eigenvalue weighted by Gasteiger charge is 2.20. The van der Waals surface area contributed by atoms with Gasteiger partial charge < -0.3 is 0 Å². The maximum absolute atomic E-state index is 14.0. The van der Waals surface area contributed by atoms with E-state index >= 15 is 0 Å². The van der Waals surface area contributed by atoms with E-state index in [1.807, 2.05) is 37.7 Å². The van der Waals surface area contributed by atoms with Crippen LogP contribution in [0.4, 0.5) is 4.39 Å². The first-order chi connectivity index (χ1) is 14.9. The molecule has 0 bridgehead atoms. The van der Waals surface area contributed by atoms with E-state index in [9.17, 15) is 4.39 Å². The molecule has 5 aromatic rings. The van der Waals surface area contributed by atoms with Crippen molar-refractivity contribution in [1.82, 2.24) is 39.3 Å². The molecule has 1 aromatic carbocycles. The maximum Gasteiger partial charge on any atom is 0.200 e. The minimum atomic E-state index is -0.262. The van der Waals surface area contributed by atoms with E-state index in [2.05, 4.69) is 25.4 Å². The molecule has 0 radical (unpaired) electrons. The number of nitrogens with zero attached hydrogens (tertiary/aromatic N) is 7. The topological polar surface area (TPSA) is 82.1 Å². The Hall–Kier alpha value is -3.66. The Morgan fingerprint density at radius 2 is 2.00 bits per heavy atom. The lowest BCUT2D eigenvalue weighted by Crippen LogP contribution is -2.02. The Balaban J connectivity index is 1.63. The zero-order valence-electron chi connectivity index (χ0n) is 17.2. The zero-order valence-corrected chi connectivity index (χ0v) is 18.0. The Morgan fingerprint density at radius 3 is 2.81 bits per heavy atom. The third-order valence-electron chi connectivity index (χ3n) is 5.18. The highest BCUT2D eigenvalue weighted by Crippen LogP contribution is 2.31. The summed E-state index contributed by atoms with van der Waals surface area (Å²) in [4.78, 5) is 4.63. The second-order valence-corrected chi connectivity index (χ2v) is 7.78. The van der Waals surface area contributed by atoms with Gasteiger partial charge in [-0.05, 0) is 38.2 Å². The number of pyridine rings is 1. The Labute approximate surface area is 182 Å². The number of hydrogen-bond donors (Lipinski definition) is 1. The molecule has 10 heteroatoms. The molecule has 0 aliphatic carbocycles. The normalized spacial score (nSPS) is 11.5. The van der Waals surface area contributed by atoms with E-state index in [0.717, 1.165) is 33.7 Å². The van der Waals surface area contributed by atoms with Crippen molar-refractivity contribution in [2.45, 2.75) is 20.4 Å². The van der Waals surface area contributed by atoms with Gasteiger partial charge in [0.25, 0.3) is 0 Å². The van der Waals surface area contributed by atoms with Gasteiger partial charge in [0.15, 0.2) is 16.2 Å². The summed E-state index contributed by atoms with van der Waals surface area (Å²) in [5.41, 5.74) is 4.65. The van der Waals surface area contributed by atoms with E-state index < -0.39 is 0 Å². The predicted octanol–water partition coefficient (Wildman–Crippen LogP) is 3.88. The fourth-order valence-electron chi connectivity index (χ4n) is 3.82. The smallest absolute Gasteiger partial charge is 0.200 e. The number of halogens is 1. The zero-order chi connectivity index (χ0) is 21.7. The first-order valence-corrected chi connectivity index (χ1v) is 10.1. The molecule has 0 amide bonds. The first-order valence-electron chi connectivity index (χ1n) is 9.67. The molecule has 156 valence electrons. The minimum Gasteiger partial charge on any atom is -0.266 e. The van der Waals surface area contributed by atoms with Crippen LogP contribution in [0.5, 0.6) is 0 Å². The Morgan fingerprint density at radius 1 is 1.19 bits per heavy atom. The van der Waals surface area contributed by atoms with Crippen LogP contribution in [0.15, 0.2) is 42.7 Å². The summed E-state index contributed by atoms with van der Waals surface area (Å²) in [6.45, 7) is 4.19. The van der Waals surface area contributed by atoms with Gasteiger partial charge in [0.05, 0.1) is 29.5 Å². The van der Waals surface area contributed by atoms with Crippen LogP contribution in [0.25, 0.3) is 28.1 Å². The molecule has 0 atom stereocenters. The molecule has 31 heavy (non-hydrogen) atoms. The fraction of sp³-hybridized carbons (Fsp3) is 0.190. The van der Waals surface area contributed by atoms with Gasteiger partial charge >= 0.3 is 0 Å². The molecule has 1 N–H and O–H groups in total. The lowest BCUT2D eigenvalue weighted by Gasteiger charge is -2.07. The average molecular weight is 435 g/mol. The van der Waals surface area contributed by atoms with Crippen molar-refractivity contribution in [2.75, 3.05) is 0 Å². The molecule has 0 spiro atoms.